The Balaban J connectivity index is 1.62. The van der Waals surface area contributed by atoms with E-state index < -0.39 is 12.1 Å². The second-order valence-electron chi connectivity index (χ2n) is 8.64. The van der Waals surface area contributed by atoms with Gasteiger partial charge in [-0.2, -0.15) is 0 Å². The minimum atomic E-state index is -0.574. The molecular weight excluding hydrogens is 418 g/mol. The second kappa shape index (κ2) is 8.20. The van der Waals surface area contributed by atoms with E-state index in [4.69, 9.17) is 15.5 Å². The number of ether oxygens (including phenoxy) is 1. The monoisotopic (exact) mass is 447 g/mol. The van der Waals surface area contributed by atoms with E-state index >= 15 is 0 Å². The third-order valence-corrected chi connectivity index (χ3v) is 6.66. The molecule has 2 aromatic carbocycles. The zero-order valence-electron chi connectivity index (χ0n) is 19.2. The fourth-order valence-electron chi connectivity index (χ4n) is 4.89. The number of imidazole rings is 1. The fraction of sp³-hybridized carbons (Fsp3) is 0.360. The first-order chi connectivity index (χ1) is 15.9. The number of fused-ring (bicyclic) bond motifs is 2. The van der Waals surface area contributed by atoms with Crippen molar-refractivity contribution in [3.63, 3.8) is 0 Å². The smallest absolute Gasteiger partial charge is 0.254 e. The fourth-order valence-corrected chi connectivity index (χ4v) is 4.89. The SMILES string of the molecule is CCn1c(-c2nc3cc(C(=O)N4CCC(O)C(N)C4)cc(OC)c3n2C)cc2ccccc21. The summed E-state index contributed by atoms with van der Waals surface area (Å²) in [5.41, 5.74) is 10.2. The molecule has 0 bridgehead atoms. The number of para-hydroxylation sites is 1. The van der Waals surface area contributed by atoms with Gasteiger partial charge in [0.1, 0.15) is 11.3 Å². The van der Waals surface area contributed by atoms with Crippen molar-refractivity contribution in [1.82, 2.24) is 19.0 Å². The normalized spacial score (nSPS) is 18.9. The van der Waals surface area contributed by atoms with Crippen molar-refractivity contribution in [2.45, 2.75) is 32.0 Å². The Hall–Kier alpha value is -3.36. The highest BCUT2D eigenvalue weighted by molar-refractivity contribution is 6.00. The maximum absolute atomic E-state index is 13.2. The molecule has 1 amide bonds. The number of hydrogen-bond acceptors (Lipinski definition) is 5. The van der Waals surface area contributed by atoms with Crippen LogP contribution in [0, 0.1) is 0 Å². The molecule has 33 heavy (non-hydrogen) atoms. The number of aliphatic hydroxyl groups is 1. The molecule has 1 aliphatic heterocycles. The second-order valence-corrected chi connectivity index (χ2v) is 8.64. The quantitative estimate of drug-likeness (QED) is 0.501. The van der Waals surface area contributed by atoms with Crippen molar-refractivity contribution in [3.8, 4) is 17.3 Å². The topological polar surface area (TPSA) is 98.5 Å². The van der Waals surface area contributed by atoms with Crippen molar-refractivity contribution in [1.29, 1.82) is 0 Å². The van der Waals surface area contributed by atoms with Gasteiger partial charge in [0.25, 0.3) is 5.91 Å². The van der Waals surface area contributed by atoms with Gasteiger partial charge in [-0.05, 0) is 37.6 Å². The van der Waals surface area contributed by atoms with Gasteiger partial charge in [-0.3, -0.25) is 4.79 Å². The van der Waals surface area contributed by atoms with Gasteiger partial charge in [0.05, 0.1) is 24.4 Å². The van der Waals surface area contributed by atoms with Crippen LogP contribution in [0.4, 0.5) is 0 Å². The summed E-state index contributed by atoms with van der Waals surface area (Å²) in [4.78, 5) is 19.9. The Morgan fingerprint density at radius 1 is 1.27 bits per heavy atom. The Morgan fingerprint density at radius 3 is 2.79 bits per heavy atom. The average Bonchev–Trinajstić information content (AvgIpc) is 3.36. The van der Waals surface area contributed by atoms with Gasteiger partial charge in [-0.15, -0.1) is 0 Å². The summed E-state index contributed by atoms with van der Waals surface area (Å²) < 4.78 is 9.96. The molecule has 1 aliphatic rings. The molecule has 2 aromatic heterocycles. The van der Waals surface area contributed by atoms with E-state index in [0.29, 0.717) is 36.3 Å². The van der Waals surface area contributed by atoms with Crippen LogP contribution in [0.15, 0.2) is 42.5 Å². The number of rotatable bonds is 4. The summed E-state index contributed by atoms with van der Waals surface area (Å²) in [6.45, 7) is 3.73. The molecule has 0 aliphatic carbocycles. The Bertz CT molecular complexity index is 1360. The molecule has 8 heteroatoms. The summed E-state index contributed by atoms with van der Waals surface area (Å²) in [5, 5.41) is 11.1. The highest BCUT2D eigenvalue weighted by Crippen LogP contribution is 2.34. The lowest BCUT2D eigenvalue weighted by Gasteiger charge is -2.34. The molecule has 2 atom stereocenters. The number of aliphatic hydroxyl groups excluding tert-OH is 1. The summed E-state index contributed by atoms with van der Waals surface area (Å²) in [6.07, 6.45) is -0.101. The number of nitrogens with two attached hydrogens (primary N) is 1. The number of hydrogen-bond donors (Lipinski definition) is 2. The van der Waals surface area contributed by atoms with Crippen LogP contribution < -0.4 is 10.5 Å². The lowest BCUT2D eigenvalue weighted by molar-refractivity contribution is 0.0459. The van der Waals surface area contributed by atoms with Crippen LogP contribution in [-0.2, 0) is 13.6 Å². The summed E-state index contributed by atoms with van der Waals surface area (Å²) in [7, 11) is 3.57. The number of benzene rings is 2. The molecule has 3 N–H and O–H groups in total. The summed E-state index contributed by atoms with van der Waals surface area (Å²) in [5.74, 6) is 1.28. The van der Waals surface area contributed by atoms with Crippen molar-refractivity contribution < 1.29 is 14.6 Å². The van der Waals surface area contributed by atoms with E-state index in [1.54, 1.807) is 18.1 Å². The Labute approximate surface area is 192 Å². The highest BCUT2D eigenvalue weighted by atomic mass is 16.5. The van der Waals surface area contributed by atoms with Gasteiger partial charge in [0.15, 0.2) is 5.82 Å². The van der Waals surface area contributed by atoms with Crippen LogP contribution in [0.2, 0.25) is 0 Å². The molecule has 172 valence electrons. The molecule has 5 rings (SSSR count). The van der Waals surface area contributed by atoms with Crippen molar-refractivity contribution in [3.05, 3.63) is 48.0 Å². The molecule has 2 unspecified atom stereocenters. The number of piperidine rings is 1. The first kappa shape index (κ1) is 21.5. The van der Waals surface area contributed by atoms with Crippen LogP contribution in [0.25, 0.3) is 33.5 Å². The van der Waals surface area contributed by atoms with Crippen molar-refractivity contribution in [2.24, 2.45) is 12.8 Å². The standard InChI is InChI=1S/C25H29N5O3/c1-4-30-19-8-6-5-7-15(19)12-20(30)24-27-18-11-16(13-22(33-3)23(18)28(24)2)25(32)29-10-9-21(31)17(26)14-29/h5-8,11-13,17,21,31H,4,9-10,14,26H2,1-3H3. The van der Waals surface area contributed by atoms with Crippen LogP contribution in [0.1, 0.15) is 23.7 Å². The lowest BCUT2D eigenvalue weighted by Crippen LogP contribution is -2.53. The third kappa shape index (κ3) is 3.46. The maximum Gasteiger partial charge on any atom is 0.254 e. The number of amides is 1. The average molecular weight is 448 g/mol. The van der Waals surface area contributed by atoms with E-state index in [1.807, 2.05) is 29.8 Å². The first-order valence-corrected chi connectivity index (χ1v) is 11.3. The molecule has 0 radical (unpaired) electrons. The van der Waals surface area contributed by atoms with Gasteiger partial charge >= 0.3 is 0 Å². The maximum atomic E-state index is 13.2. The van der Waals surface area contributed by atoms with Crippen molar-refractivity contribution in [2.75, 3.05) is 20.2 Å². The van der Waals surface area contributed by atoms with Gasteiger partial charge in [0, 0.05) is 49.2 Å². The lowest BCUT2D eigenvalue weighted by atomic mass is 10.0. The molecule has 0 saturated carbocycles. The van der Waals surface area contributed by atoms with E-state index in [-0.39, 0.29) is 5.91 Å². The number of likely N-dealkylation sites (tertiary alicyclic amines) is 1. The molecule has 3 heterocycles. The van der Waals surface area contributed by atoms with E-state index in [2.05, 4.69) is 29.7 Å². The number of carbonyl (C=O) groups excluding carboxylic acids is 1. The number of carbonyl (C=O) groups is 1. The number of aryl methyl sites for hydroxylation is 2. The van der Waals surface area contributed by atoms with Gasteiger partial charge < -0.3 is 29.6 Å². The largest absolute Gasteiger partial charge is 0.494 e. The van der Waals surface area contributed by atoms with Crippen LogP contribution in [-0.4, -0.2) is 62.4 Å². The van der Waals surface area contributed by atoms with Crippen LogP contribution >= 0.6 is 0 Å². The minimum absolute atomic E-state index is 0.132. The number of nitrogens with zero attached hydrogens (tertiary/aromatic N) is 4. The van der Waals surface area contributed by atoms with Gasteiger partial charge in [0.2, 0.25) is 0 Å². The minimum Gasteiger partial charge on any atom is -0.494 e. The zero-order valence-corrected chi connectivity index (χ0v) is 19.2. The molecular formula is C25H29N5O3. The predicted molar refractivity (Wildman–Crippen MR) is 128 cm³/mol. The highest BCUT2D eigenvalue weighted by Gasteiger charge is 2.29. The summed E-state index contributed by atoms with van der Waals surface area (Å²) >= 11 is 0. The van der Waals surface area contributed by atoms with E-state index in [0.717, 1.165) is 34.5 Å². The third-order valence-electron chi connectivity index (χ3n) is 6.66. The first-order valence-electron chi connectivity index (χ1n) is 11.3. The molecule has 8 nitrogen and oxygen atoms in total. The predicted octanol–water partition coefficient (Wildman–Crippen LogP) is 2.76. The molecule has 1 saturated heterocycles. The van der Waals surface area contributed by atoms with Crippen LogP contribution in [0.5, 0.6) is 5.75 Å². The Morgan fingerprint density at radius 2 is 2.06 bits per heavy atom. The van der Waals surface area contributed by atoms with Gasteiger partial charge in [-0.25, -0.2) is 4.98 Å². The Kier molecular flexibility index (Phi) is 5.34. The molecule has 1 fully saturated rings. The number of methoxy groups -OCH3 is 1. The molecule has 4 aromatic rings. The van der Waals surface area contributed by atoms with Crippen LogP contribution in [0.3, 0.4) is 0 Å². The van der Waals surface area contributed by atoms with Gasteiger partial charge in [-0.1, -0.05) is 18.2 Å². The zero-order chi connectivity index (χ0) is 23.3. The van der Waals surface area contributed by atoms with E-state index in [9.17, 15) is 9.90 Å². The number of aromatic nitrogens is 3. The molecule has 0 spiro atoms. The van der Waals surface area contributed by atoms with E-state index in [1.165, 1.54) is 0 Å². The summed E-state index contributed by atoms with van der Waals surface area (Å²) in [6, 6.07) is 13.6. The van der Waals surface area contributed by atoms with Crippen molar-refractivity contribution >= 4 is 27.8 Å².